The Kier molecular flexibility index (Phi) is 5.60. The molecule has 1 unspecified atom stereocenters. The minimum atomic E-state index is -0.176. The number of carbonyl (C=O) groups excluding carboxylic acids is 2. The van der Waals surface area contributed by atoms with Crippen LogP contribution in [0.15, 0.2) is 53.9 Å². The quantitative estimate of drug-likeness (QED) is 0.516. The average Bonchev–Trinajstić information content (AvgIpc) is 3.42. The number of ether oxygens (including phenoxy) is 3. The zero-order chi connectivity index (χ0) is 23.9. The van der Waals surface area contributed by atoms with Gasteiger partial charge in [-0.2, -0.15) is 0 Å². The van der Waals surface area contributed by atoms with Crippen LogP contribution in [0.4, 0.5) is 0 Å². The lowest BCUT2D eigenvalue weighted by Gasteiger charge is -2.37. The second-order valence-electron chi connectivity index (χ2n) is 9.04. The third-order valence-corrected chi connectivity index (χ3v) is 7.89. The Bertz CT molecular complexity index is 1270. The van der Waals surface area contributed by atoms with E-state index in [1.807, 2.05) is 29.2 Å². The van der Waals surface area contributed by atoms with Crippen molar-refractivity contribution in [2.45, 2.75) is 31.3 Å². The maximum atomic E-state index is 13.8. The number of methoxy groups -OCH3 is 1. The lowest BCUT2D eigenvalue weighted by Crippen LogP contribution is -2.47. The van der Waals surface area contributed by atoms with Crippen LogP contribution in [0.2, 0.25) is 0 Å². The maximum Gasteiger partial charge on any atom is 0.254 e. The number of hydrogen-bond donors (Lipinski definition) is 0. The van der Waals surface area contributed by atoms with Gasteiger partial charge >= 0.3 is 0 Å². The lowest BCUT2D eigenvalue weighted by molar-refractivity contribution is -0.134. The number of benzene rings is 2. The summed E-state index contributed by atoms with van der Waals surface area (Å²) in [5, 5.41) is 2.09. The van der Waals surface area contributed by atoms with Crippen LogP contribution in [0.1, 0.15) is 45.2 Å². The first-order valence-corrected chi connectivity index (χ1v) is 12.7. The van der Waals surface area contributed by atoms with Gasteiger partial charge in [0, 0.05) is 23.0 Å². The highest BCUT2D eigenvalue weighted by atomic mass is 32.1. The van der Waals surface area contributed by atoms with Gasteiger partial charge in [0.25, 0.3) is 5.91 Å². The summed E-state index contributed by atoms with van der Waals surface area (Å²) in [4.78, 5) is 32.2. The summed E-state index contributed by atoms with van der Waals surface area (Å²) < 4.78 is 16.2. The highest BCUT2D eigenvalue weighted by Gasteiger charge is 2.38. The number of thiophene rings is 1. The molecule has 3 aromatic rings. The Morgan fingerprint density at radius 2 is 1.89 bits per heavy atom. The van der Waals surface area contributed by atoms with Crippen molar-refractivity contribution in [3.8, 4) is 17.2 Å². The van der Waals surface area contributed by atoms with Gasteiger partial charge in [-0.3, -0.25) is 9.59 Å². The average molecular weight is 491 g/mol. The summed E-state index contributed by atoms with van der Waals surface area (Å²) in [5.41, 5.74) is 2.72. The van der Waals surface area contributed by atoms with Crippen molar-refractivity contribution in [2.75, 3.05) is 27.0 Å². The summed E-state index contributed by atoms with van der Waals surface area (Å²) in [6, 6.07) is 15.1. The molecule has 0 bridgehead atoms. The number of fused-ring (bicyclic) bond motifs is 2. The molecule has 1 atom stereocenters. The monoisotopic (exact) mass is 490 g/mol. The van der Waals surface area contributed by atoms with E-state index >= 15 is 0 Å². The van der Waals surface area contributed by atoms with E-state index in [0.29, 0.717) is 23.6 Å². The number of rotatable bonds is 6. The Labute approximate surface area is 207 Å². The van der Waals surface area contributed by atoms with Crippen LogP contribution in [0.3, 0.4) is 0 Å². The molecule has 0 radical (unpaired) electrons. The summed E-state index contributed by atoms with van der Waals surface area (Å²) >= 11 is 1.74. The predicted octanol–water partition coefficient (Wildman–Crippen LogP) is 4.26. The van der Waals surface area contributed by atoms with Crippen LogP contribution in [-0.4, -0.2) is 54.6 Å². The number of nitrogens with zero attached hydrogens (tertiary/aromatic N) is 2. The van der Waals surface area contributed by atoms with Crippen molar-refractivity contribution in [1.29, 1.82) is 0 Å². The fourth-order valence-electron chi connectivity index (χ4n) is 4.92. The summed E-state index contributed by atoms with van der Waals surface area (Å²) in [6.45, 7) is 0.841. The molecule has 2 aliphatic heterocycles. The fraction of sp³-hybridized carbons (Fsp3) is 0.333. The molecule has 0 saturated heterocycles. The summed E-state index contributed by atoms with van der Waals surface area (Å²) in [7, 11) is 1.64. The Balaban J connectivity index is 1.27. The van der Waals surface area contributed by atoms with Crippen LogP contribution < -0.4 is 14.2 Å². The molecule has 0 N–H and O–H groups in total. The first-order chi connectivity index (χ1) is 17.1. The minimum absolute atomic E-state index is 0.0383. The zero-order valence-corrected chi connectivity index (χ0v) is 20.3. The van der Waals surface area contributed by atoms with Gasteiger partial charge in [0.05, 0.1) is 13.2 Å². The van der Waals surface area contributed by atoms with Crippen molar-refractivity contribution in [3.05, 3.63) is 75.5 Å². The Morgan fingerprint density at radius 1 is 1.09 bits per heavy atom. The van der Waals surface area contributed by atoms with Gasteiger partial charge < -0.3 is 24.0 Å². The molecule has 1 aliphatic carbocycles. The molecule has 8 heteroatoms. The van der Waals surface area contributed by atoms with Gasteiger partial charge in [-0.1, -0.05) is 12.1 Å². The number of amides is 2. The largest absolute Gasteiger partial charge is 0.497 e. The SMILES string of the molecule is COc1ccc(C2c3ccsc3CCN2C(=O)CN(C(=O)c2ccc3c(c2)OCO3)C2CC2)cc1. The Morgan fingerprint density at radius 3 is 2.66 bits per heavy atom. The fourth-order valence-corrected chi connectivity index (χ4v) is 5.82. The highest BCUT2D eigenvalue weighted by molar-refractivity contribution is 7.10. The number of hydrogen-bond acceptors (Lipinski definition) is 6. The smallest absolute Gasteiger partial charge is 0.254 e. The van der Waals surface area contributed by atoms with Gasteiger partial charge in [-0.25, -0.2) is 0 Å². The molecule has 180 valence electrons. The van der Waals surface area contributed by atoms with Crippen molar-refractivity contribution >= 4 is 23.2 Å². The molecule has 3 heterocycles. The lowest BCUT2D eigenvalue weighted by atomic mass is 9.93. The van der Waals surface area contributed by atoms with Crippen LogP contribution >= 0.6 is 11.3 Å². The molecule has 35 heavy (non-hydrogen) atoms. The van der Waals surface area contributed by atoms with Gasteiger partial charge in [-0.15, -0.1) is 11.3 Å². The summed E-state index contributed by atoms with van der Waals surface area (Å²) in [6.07, 6.45) is 2.66. The molecule has 0 spiro atoms. The molecule has 2 aromatic carbocycles. The zero-order valence-electron chi connectivity index (χ0n) is 19.4. The molecule has 3 aliphatic rings. The molecule has 1 saturated carbocycles. The van der Waals surface area contributed by atoms with E-state index in [1.165, 1.54) is 10.4 Å². The second-order valence-corrected chi connectivity index (χ2v) is 10.0. The van der Waals surface area contributed by atoms with E-state index in [9.17, 15) is 9.59 Å². The van der Waals surface area contributed by atoms with Gasteiger partial charge in [0.2, 0.25) is 12.7 Å². The van der Waals surface area contributed by atoms with Crippen molar-refractivity contribution in [3.63, 3.8) is 0 Å². The first-order valence-electron chi connectivity index (χ1n) is 11.8. The molecule has 1 aromatic heterocycles. The molecule has 1 fully saturated rings. The minimum Gasteiger partial charge on any atom is -0.497 e. The molecule has 2 amide bonds. The first kappa shape index (κ1) is 22.0. The van der Waals surface area contributed by atoms with Crippen LogP contribution in [0, 0.1) is 0 Å². The van der Waals surface area contributed by atoms with E-state index in [-0.39, 0.29) is 37.2 Å². The van der Waals surface area contributed by atoms with Crippen molar-refractivity contribution < 1.29 is 23.8 Å². The second kappa shape index (κ2) is 8.92. The number of carbonyl (C=O) groups is 2. The van der Waals surface area contributed by atoms with E-state index in [2.05, 4.69) is 11.4 Å². The predicted molar refractivity (Wildman–Crippen MR) is 131 cm³/mol. The van der Waals surface area contributed by atoms with E-state index in [1.54, 1.807) is 41.5 Å². The van der Waals surface area contributed by atoms with E-state index in [4.69, 9.17) is 14.2 Å². The summed E-state index contributed by atoms with van der Waals surface area (Å²) in [5.74, 6) is 1.80. The molecular formula is C27H26N2O5S. The maximum absolute atomic E-state index is 13.8. The van der Waals surface area contributed by atoms with Gasteiger partial charge in [0.1, 0.15) is 12.3 Å². The van der Waals surface area contributed by atoms with Crippen LogP contribution in [0.25, 0.3) is 0 Å². The Hall–Kier alpha value is -3.52. The van der Waals surface area contributed by atoms with Crippen molar-refractivity contribution in [1.82, 2.24) is 9.80 Å². The molecule has 6 rings (SSSR count). The van der Waals surface area contributed by atoms with Gasteiger partial charge in [-0.05, 0) is 72.2 Å². The van der Waals surface area contributed by atoms with E-state index < -0.39 is 0 Å². The van der Waals surface area contributed by atoms with Gasteiger partial charge in [0.15, 0.2) is 11.5 Å². The molecule has 7 nitrogen and oxygen atoms in total. The highest BCUT2D eigenvalue weighted by Crippen LogP contribution is 2.39. The topological polar surface area (TPSA) is 68.3 Å². The third-order valence-electron chi connectivity index (χ3n) is 6.89. The van der Waals surface area contributed by atoms with Crippen molar-refractivity contribution in [2.24, 2.45) is 0 Å². The van der Waals surface area contributed by atoms with E-state index in [0.717, 1.165) is 30.6 Å². The third kappa shape index (κ3) is 4.12. The van der Waals surface area contributed by atoms with Crippen LogP contribution in [0.5, 0.6) is 17.2 Å². The normalized spacial score (nSPS) is 18.2. The standard InChI is InChI=1S/C27H26N2O5S/c1-32-20-7-2-17(3-8-20)26-21-11-13-35-24(21)10-12-28(26)25(30)15-29(19-5-6-19)27(31)18-4-9-22-23(14-18)34-16-33-22/h2-4,7-9,11,13-14,19,26H,5-6,10,12,15-16H2,1H3. The van der Waals surface area contributed by atoms with Crippen LogP contribution in [-0.2, 0) is 11.2 Å². The molecular weight excluding hydrogens is 464 g/mol.